The summed E-state index contributed by atoms with van der Waals surface area (Å²) in [5.41, 5.74) is 1.10. The van der Waals surface area contributed by atoms with Crippen LogP contribution in [0.25, 0.3) is 21.9 Å². The lowest BCUT2D eigenvalue weighted by Gasteiger charge is -2.19. The first-order valence-electron chi connectivity index (χ1n) is 6.20. The molecule has 0 radical (unpaired) electrons. The number of carboxylic acids is 1. The van der Waals surface area contributed by atoms with Crippen molar-refractivity contribution in [2.75, 3.05) is 0 Å². The monoisotopic (exact) mass is 292 g/mol. The fourth-order valence-corrected chi connectivity index (χ4v) is 2.67. The number of aliphatic carboxylic acids is 1. The number of carbonyl (C=O) groups is 1. The van der Waals surface area contributed by atoms with E-state index in [-0.39, 0.29) is 0 Å². The van der Waals surface area contributed by atoms with Crippen molar-refractivity contribution >= 4 is 39.5 Å². The molecule has 1 aromatic carbocycles. The van der Waals surface area contributed by atoms with Crippen LogP contribution in [0, 0.1) is 5.41 Å². The topological polar surface area (TPSA) is 63.6 Å². The van der Waals surface area contributed by atoms with Crippen LogP contribution in [0.4, 0.5) is 0 Å². The van der Waals surface area contributed by atoms with Gasteiger partial charge in [-0.1, -0.05) is 11.6 Å². The molecule has 0 saturated heterocycles. The minimum Gasteiger partial charge on any atom is -0.481 e. The Labute approximate surface area is 119 Å². The zero-order chi connectivity index (χ0) is 14.5. The second-order valence-corrected chi connectivity index (χ2v) is 5.86. The van der Waals surface area contributed by atoms with Crippen molar-refractivity contribution in [3.05, 3.63) is 35.2 Å². The molecule has 0 unspecified atom stereocenters. The Morgan fingerprint density at radius 2 is 1.80 bits per heavy atom. The van der Waals surface area contributed by atoms with Gasteiger partial charge in [0, 0.05) is 16.3 Å². The number of rotatable bonds is 3. The summed E-state index contributed by atoms with van der Waals surface area (Å²) in [6.07, 6.45) is 3.43. The van der Waals surface area contributed by atoms with Crippen molar-refractivity contribution in [2.45, 2.75) is 20.3 Å². The van der Waals surface area contributed by atoms with E-state index in [9.17, 15) is 9.90 Å². The van der Waals surface area contributed by atoms with Gasteiger partial charge in [0.25, 0.3) is 0 Å². The van der Waals surface area contributed by atoms with Gasteiger partial charge in [0.2, 0.25) is 0 Å². The van der Waals surface area contributed by atoms with Gasteiger partial charge in [-0.2, -0.15) is 0 Å². The Bertz CT molecular complexity index is 758. The van der Waals surface area contributed by atoms with Gasteiger partial charge in [-0.15, -0.1) is 0 Å². The van der Waals surface area contributed by atoms with E-state index >= 15 is 0 Å². The van der Waals surface area contributed by atoms with Crippen molar-refractivity contribution in [1.82, 2.24) is 0 Å². The molecular weight excluding hydrogens is 280 g/mol. The number of furan rings is 2. The van der Waals surface area contributed by atoms with Gasteiger partial charge in [-0.3, -0.25) is 4.79 Å². The molecule has 3 rings (SSSR count). The molecule has 1 N–H and O–H groups in total. The van der Waals surface area contributed by atoms with Crippen LogP contribution in [-0.4, -0.2) is 11.1 Å². The quantitative estimate of drug-likeness (QED) is 0.772. The highest BCUT2D eigenvalue weighted by atomic mass is 35.5. The first kappa shape index (κ1) is 13.1. The fourth-order valence-electron chi connectivity index (χ4n) is 2.37. The van der Waals surface area contributed by atoms with E-state index < -0.39 is 11.4 Å². The molecule has 0 aliphatic carbocycles. The van der Waals surface area contributed by atoms with Crippen LogP contribution in [0.15, 0.2) is 33.5 Å². The van der Waals surface area contributed by atoms with Crippen molar-refractivity contribution in [2.24, 2.45) is 5.41 Å². The van der Waals surface area contributed by atoms with Crippen LogP contribution < -0.4 is 0 Å². The lowest BCUT2D eigenvalue weighted by Crippen LogP contribution is -2.26. The molecule has 2 heterocycles. The minimum absolute atomic E-state index is 0.333. The highest BCUT2D eigenvalue weighted by Crippen LogP contribution is 2.39. The van der Waals surface area contributed by atoms with E-state index in [1.165, 1.54) is 0 Å². The molecule has 0 spiro atoms. The fraction of sp³-hybridized carbons (Fsp3) is 0.267. The number of fused-ring (bicyclic) bond motifs is 2. The average molecular weight is 293 g/mol. The van der Waals surface area contributed by atoms with Gasteiger partial charge < -0.3 is 13.9 Å². The smallest absolute Gasteiger partial charge is 0.309 e. The molecule has 5 heteroatoms. The van der Waals surface area contributed by atoms with E-state index in [4.69, 9.17) is 20.4 Å². The zero-order valence-electron chi connectivity index (χ0n) is 11.1. The predicted octanol–water partition coefficient (Wildman–Crippen LogP) is 4.49. The molecule has 0 aliphatic heterocycles. The van der Waals surface area contributed by atoms with Crippen LogP contribution in [0.1, 0.15) is 19.4 Å². The van der Waals surface area contributed by atoms with E-state index in [0.29, 0.717) is 22.6 Å². The normalized spacial score (nSPS) is 12.3. The molecular formula is C15H13ClO4. The summed E-state index contributed by atoms with van der Waals surface area (Å²) in [5.74, 6) is -0.858. The maximum Gasteiger partial charge on any atom is 0.309 e. The third-order valence-corrected chi connectivity index (χ3v) is 3.94. The highest BCUT2D eigenvalue weighted by molar-refractivity contribution is 6.40. The molecule has 4 nitrogen and oxygen atoms in total. The highest BCUT2D eigenvalue weighted by Gasteiger charge is 2.30. The second kappa shape index (κ2) is 4.28. The number of hydrogen-bond donors (Lipinski definition) is 1. The van der Waals surface area contributed by atoms with Crippen molar-refractivity contribution in [3.8, 4) is 0 Å². The van der Waals surface area contributed by atoms with Gasteiger partial charge in [0.05, 0.1) is 23.0 Å². The predicted molar refractivity (Wildman–Crippen MR) is 76.1 cm³/mol. The van der Waals surface area contributed by atoms with Crippen LogP contribution in [0.2, 0.25) is 5.02 Å². The number of benzene rings is 1. The largest absolute Gasteiger partial charge is 0.481 e. The Hall–Kier alpha value is -1.94. The van der Waals surface area contributed by atoms with Crippen molar-refractivity contribution in [1.29, 1.82) is 0 Å². The molecule has 3 aromatic rings. The summed E-state index contributed by atoms with van der Waals surface area (Å²) in [6, 6.07) is 3.55. The molecule has 20 heavy (non-hydrogen) atoms. The summed E-state index contributed by atoms with van der Waals surface area (Å²) in [7, 11) is 0. The molecule has 104 valence electrons. The van der Waals surface area contributed by atoms with E-state index in [2.05, 4.69) is 0 Å². The maximum atomic E-state index is 11.4. The lowest BCUT2D eigenvalue weighted by atomic mass is 9.84. The first-order valence-corrected chi connectivity index (χ1v) is 6.58. The molecule has 0 bridgehead atoms. The number of hydrogen-bond acceptors (Lipinski definition) is 3. The van der Waals surface area contributed by atoms with Gasteiger partial charge in [-0.05, 0) is 32.4 Å². The Balaban J connectivity index is 2.31. The summed E-state index contributed by atoms with van der Waals surface area (Å²) < 4.78 is 10.9. The Morgan fingerprint density at radius 1 is 1.20 bits per heavy atom. The van der Waals surface area contributed by atoms with Crippen LogP contribution in [0.3, 0.4) is 0 Å². The van der Waals surface area contributed by atoms with Crippen LogP contribution >= 0.6 is 11.6 Å². The summed E-state index contributed by atoms with van der Waals surface area (Å²) in [5, 5.41) is 11.4. The third-order valence-electron chi connectivity index (χ3n) is 3.56. The number of halogens is 1. The maximum absolute atomic E-state index is 11.4. The third kappa shape index (κ3) is 1.79. The Kier molecular flexibility index (Phi) is 2.80. The van der Waals surface area contributed by atoms with Gasteiger partial charge in [-0.25, -0.2) is 0 Å². The molecule has 0 amide bonds. The average Bonchev–Trinajstić information content (AvgIpc) is 3.03. The molecule has 0 fully saturated rings. The lowest BCUT2D eigenvalue weighted by molar-refractivity contribution is -0.146. The van der Waals surface area contributed by atoms with Crippen molar-refractivity contribution in [3.63, 3.8) is 0 Å². The van der Waals surface area contributed by atoms with Crippen LogP contribution in [-0.2, 0) is 11.2 Å². The first-order chi connectivity index (χ1) is 9.42. The zero-order valence-corrected chi connectivity index (χ0v) is 11.8. The van der Waals surface area contributed by atoms with E-state index in [1.54, 1.807) is 38.5 Å². The number of carboxylic acid groups (broad SMARTS) is 1. The summed E-state index contributed by atoms with van der Waals surface area (Å²) >= 11 is 6.29. The van der Waals surface area contributed by atoms with Gasteiger partial charge in [0.15, 0.2) is 5.58 Å². The van der Waals surface area contributed by atoms with Crippen LogP contribution in [0.5, 0.6) is 0 Å². The molecule has 0 atom stereocenters. The summed E-state index contributed by atoms with van der Waals surface area (Å²) in [6.45, 7) is 3.37. The summed E-state index contributed by atoms with van der Waals surface area (Å²) in [4.78, 5) is 11.4. The Morgan fingerprint density at radius 3 is 2.45 bits per heavy atom. The molecule has 0 saturated carbocycles. The minimum atomic E-state index is -0.905. The SMILES string of the molecule is CC(C)(Cc1c2ccoc2c(Cl)c2ccoc12)C(=O)O. The standard InChI is InChI=1S/C15H13ClO4/c1-15(2,14(17)18)7-10-8-3-5-20-13(8)11(16)9-4-6-19-12(9)10/h3-6H,7H2,1-2H3,(H,17,18). The second-order valence-electron chi connectivity index (χ2n) is 5.49. The van der Waals surface area contributed by atoms with Crippen molar-refractivity contribution < 1.29 is 18.7 Å². The van der Waals surface area contributed by atoms with Gasteiger partial charge >= 0.3 is 5.97 Å². The molecule has 2 aromatic heterocycles. The van der Waals surface area contributed by atoms with Gasteiger partial charge in [0.1, 0.15) is 5.58 Å². The molecule has 0 aliphatic rings. The van der Waals surface area contributed by atoms with E-state index in [1.807, 2.05) is 0 Å². The van der Waals surface area contributed by atoms with E-state index in [0.717, 1.165) is 16.3 Å².